The fraction of sp³-hybridized carbons (Fsp3) is 0.423. The molecule has 3 rings (SSSR count). The van der Waals surface area contributed by atoms with Gasteiger partial charge in [-0.25, -0.2) is 9.78 Å². The third-order valence-electron chi connectivity index (χ3n) is 5.28. The first-order valence-electron chi connectivity index (χ1n) is 11.4. The quantitative estimate of drug-likeness (QED) is 0.244. The number of esters is 1. The highest BCUT2D eigenvalue weighted by atomic mass is 16.5. The summed E-state index contributed by atoms with van der Waals surface area (Å²) in [5.74, 6) is 0.679. The number of nitrogens with zero attached hydrogens (tertiary/aromatic N) is 1. The van der Waals surface area contributed by atoms with Crippen LogP contribution in [0.3, 0.4) is 0 Å². The molecule has 1 aromatic carbocycles. The molecular formula is C26H31NO5. The Morgan fingerprint density at radius 2 is 1.62 bits per heavy atom. The Morgan fingerprint density at radius 3 is 2.34 bits per heavy atom. The average molecular weight is 438 g/mol. The Bertz CT molecular complexity index is 1040. The van der Waals surface area contributed by atoms with E-state index in [-0.39, 0.29) is 5.97 Å². The van der Waals surface area contributed by atoms with Crippen molar-refractivity contribution in [3.05, 3.63) is 59.1 Å². The predicted octanol–water partition coefficient (Wildman–Crippen LogP) is 5.92. The smallest absolute Gasteiger partial charge is 0.345 e. The molecule has 0 amide bonds. The summed E-state index contributed by atoms with van der Waals surface area (Å²) in [6, 6.07) is 13.0. The number of fused-ring (bicyclic) bond motifs is 1. The molecule has 3 aromatic rings. The fourth-order valence-electron chi connectivity index (χ4n) is 3.45. The summed E-state index contributed by atoms with van der Waals surface area (Å²) in [6.07, 6.45) is 9.80. The highest BCUT2D eigenvalue weighted by Gasteiger charge is 2.08. The van der Waals surface area contributed by atoms with E-state index in [1.807, 2.05) is 49.4 Å². The second-order valence-electron chi connectivity index (χ2n) is 7.77. The van der Waals surface area contributed by atoms with Crippen molar-refractivity contribution < 1.29 is 18.7 Å². The fourth-order valence-corrected chi connectivity index (χ4v) is 3.45. The van der Waals surface area contributed by atoms with Crippen molar-refractivity contribution in [1.82, 2.24) is 4.98 Å². The molecule has 0 aliphatic rings. The molecule has 2 aromatic heterocycles. The molecule has 0 N–H and O–H groups in total. The number of carbonyl (C=O) groups excluding carboxylic acids is 1. The monoisotopic (exact) mass is 437 g/mol. The van der Waals surface area contributed by atoms with Crippen LogP contribution in [0.2, 0.25) is 0 Å². The maximum atomic E-state index is 12.3. The van der Waals surface area contributed by atoms with Crippen LogP contribution >= 0.6 is 0 Å². The van der Waals surface area contributed by atoms with E-state index < -0.39 is 5.63 Å². The largest absolute Gasteiger partial charge is 0.494 e. The molecule has 0 saturated carbocycles. The van der Waals surface area contributed by atoms with Gasteiger partial charge in [0.15, 0.2) is 0 Å². The number of hydrogen-bond donors (Lipinski definition) is 0. The van der Waals surface area contributed by atoms with Crippen molar-refractivity contribution in [3.63, 3.8) is 0 Å². The Labute approximate surface area is 188 Å². The molecule has 0 radical (unpaired) electrons. The van der Waals surface area contributed by atoms with E-state index in [9.17, 15) is 9.59 Å². The number of aromatic nitrogens is 1. The van der Waals surface area contributed by atoms with Crippen LogP contribution in [0.5, 0.6) is 5.75 Å². The van der Waals surface area contributed by atoms with Gasteiger partial charge in [0, 0.05) is 18.0 Å². The number of unbranched alkanes of at least 4 members (excludes halogenated alkanes) is 6. The number of hydrogen-bond acceptors (Lipinski definition) is 6. The van der Waals surface area contributed by atoms with Gasteiger partial charge in [-0.05, 0) is 48.7 Å². The van der Waals surface area contributed by atoms with Gasteiger partial charge in [-0.3, -0.25) is 4.79 Å². The highest BCUT2D eigenvalue weighted by molar-refractivity contribution is 5.78. The first kappa shape index (κ1) is 23.5. The molecule has 0 bridgehead atoms. The summed E-state index contributed by atoms with van der Waals surface area (Å²) in [4.78, 5) is 27.4. The number of ether oxygens (including phenoxy) is 2. The van der Waals surface area contributed by atoms with Gasteiger partial charge in [0.2, 0.25) is 5.71 Å². The third kappa shape index (κ3) is 7.22. The van der Waals surface area contributed by atoms with Gasteiger partial charge in [0.25, 0.3) is 0 Å². The number of carbonyl (C=O) groups is 1. The molecule has 0 saturated heterocycles. The maximum Gasteiger partial charge on any atom is 0.345 e. The van der Waals surface area contributed by atoms with E-state index in [4.69, 9.17) is 13.9 Å². The van der Waals surface area contributed by atoms with Gasteiger partial charge in [0.1, 0.15) is 5.75 Å². The standard InChI is InChI=1S/C26H31NO5/c1-2-24(28)31-18-9-7-5-3-4-6-8-17-30-22-14-12-20(13-15-22)23-19-21-11-10-16-27-25(21)32-26(23)29/h10-16,19H,2-9,17-18H2,1H3. The van der Waals surface area contributed by atoms with Crippen molar-refractivity contribution >= 4 is 17.1 Å². The first-order valence-corrected chi connectivity index (χ1v) is 11.4. The summed E-state index contributed by atoms with van der Waals surface area (Å²) in [7, 11) is 0. The van der Waals surface area contributed by atoms with Crippen LogP contribution < -0.4 is 10.4 Å². The molecule has 0 aliphatic carbocycles. The SMILES string of the molecule is CCC(=O)OCCCCCCCCCOc1ccc(-c2cc3cccnc3oc2=O)cc1. The normalized spacial score (nSPS) is 10.9. The molecule has 2 heterocycles. The van der Waals surface area contributed by atoms with Crippen molar-refractivity contribution in [1.29, 1.82) is 0 Å². The van der Waals surface area contributed by atoms with Crippen molar-refractivity contribution in [2.45, 2.75) is 58.3 Å². The van der Waals surface area contributed by atoms with Gasteiger partial charge in [-0.1, -0.05) is 51.2 Å². The molecule has 0 spiro atoms. The summed E-state index contributed by atoms with van der Waals surface area (Å²) in [6.45, 7) is 3.03. The van der Waals surface area contributed by atoms with Crippen LogP contribution in [0.1, 0.15) is 58.3 Å². The van der Waals surface area contributed by atoms with Crippen LogP contribution in [0.15, 0.2) is 57.9 Å². The van der Waals surface area contributed by atoms with Crippen molar-refractivity contribution in [3.8, 4) is 16.9 Å². The van der Waals surface area contributed by atoms with E-state index in [1.54, 1.807) is 6.20 Å². The maximum absolute atomic E-state index is 12.3. The van der Waals surface area contributed by atoms with E-state index >= 15 is 0 Å². The molecule has 0 aliphatic heterocycles. The number of benzene rings is 1. The van der Waals surface area contributed by atoms with Gasteiger partial charge in [-0.15, -0.1) is 0 Å². The van der Waals surface area contributed by atoms with Crippen LogP contribution in [0.25, 0.3) is 22.2 Å². The summed E-state index contributed by atoms with van der Waals surface area (Å²) < 4.78 is 16.2. The minimum Gasteiger partial charge on any atom is -0.494 e. The lowest BCUT2D eigenvalue weighted by Gasteiger charge is -2.08. The Kier molecular flexibility index (Phi) is 9.29. The summed E-state index contributed by atoms with van der Waals surface area (Å²) >= 11 is 0. The van der Waals surface area contributed by atoms with Crippen LogP contribution in [0, 0.1) is 0 Å². The molecule has 0 unspecified atom stereocenters. The zero-order chi connectivity index (χ0) is 22.6. The molecule has 32 heavy (non-hydrogen) atoms. The van der Waals surface area contributed by atoms with E-state index in [2.05, 4.69) is 4.98 Å². The van der Waals surface area contributed by atoms with Crippen molar-refractivity contribution in [2.75, 3.05) is 13.2 Å². The number of rotatable bonds is 13. The summed E-state index contributed by atoms with van der Waals surface area (Å²) in [5, 5.41) is 0.794. The Morgan fingerprint density at radius 1 is 0.938 bits per heavy atom. The van der Waals surface area contributed by atoms with E-state index in [1.165, 1.54) is 19.3 Å². The van der Waals surface area contributed by atoms with Gasteiger partial charge in [-0.2, -0.15) is 0 Å². The minimum atomic E-state index is -0.396. The summed E-state index contributed by atoms with van der Waals surface area (Å²) in [5.41, 5.74) is 1.26. The van der Waals surface area contributed by atoms with E-state index in [0.29, 0.717) is 30.9 Å². The average Bonchev–Trinajstić information content (AvgIpc) is 2.82. The number of pyridine rings is 1. The van der Waals surface area contributed by atoms with Gasteiger partial charge in [0.05, 0.1) is 18.8 Å². The third-order valence-corrected chi connectivity index (χ3v) is 5.28. The minimum absolute atomic E-state index is 0.114. The van der Waals surface area contributed by atoms with E-state index in [0.717, 1.165) is 42.4 Å². The second kappa shape index (κ2) is 12.6. The van der Waals surface area contributed by atoms with Gasteiger partial charge >= 0.3 is 11.6 Å². The zero-order valence-corrected chi connectivity index (χ0v) is 18.7. The molecule has 0 atom stereocenters. The highest BCUT2D eigenvalue weighted by Crippen LogP contribution is 2.23. The molecule has 6 nitrogen and oxygen atoms in total. The molecular weight excluding hydrogens is 406 g/mol. The van der Waals surface area contributed by atoms with Crippen LogP contribution in [0.4, 0.5) is 0 Å². The predicted molar refractivity (Wildman–Crippen MR) is 125 cm³/mol. The van der Waals surface area contributed by atoms with Crippen LogP contribution in [-0.2, 0) is 9.53 Å². The Hall–Kier alpha value is -3.15. The lowest BCUT2D eigenvalue weighted by Crippen LogP contribution is -2.03. The van der Waals surface area contributed by atoms with Crippen molar-refractivity contribution in [2.24, 2.45) is 0 Å². The molecule has 0 fully saturated rings. The topological polar surface area (TPSA) is 78.6 Å². The second-order valence-corrected chi connectivity index (χ2v) is 7.77. The van der Waals surface area contributed by atoms with Gasteiger partial charge < -0.3 is 13.9 Å². The molecule has 170 valence electrons. The molecule has 6 heteroatoms. The zero-order valence-electron chi connectivity index (χ0n) is 18.7. The van der Waals surface area contributed by atoms with Crippen LogP contribution in [-0.4, -0.2) is 24.2 Å². The Balaban J connectivity index is 1.33. The lowest BCUT2D eigenvalue weighted by atomic mass is 10.1. The lowest BCUT2D eigenvalue weighted by molar-refractivity contribution is -0.143. The first-order chi connectivity index (χ1) is 15.7.